The van der Waals surface area contributed by atoms with Crippen LogP contribution in [0.3, 0.4) is 0 Å². The van der Waals surface area contributed by atoms with Gasteiger partial charge in [0.2, 0.25) is 5.95 Å². The molecule has 8 heteroatoms. The van der Waals surface area contributed by atoms with Gasteiger partial charge in [-0.1, -0.05) is 0 Å². The summed E-state index contributed by atoms with van der Waals surface area (Å²) in [6.07, 6.45) is 0. The second-order valence-electron chi connectivity index (χ2n) is 4.92. The number of halogens is 3. The van der Waals surface area contributed by atoms with Crippen molar-refractivity contribution in [1.82, 2.24) is 14.9 Å². The monoisotopic (exact) mass is 447 g/mol. The van der Waals surface area contributed by atoms with Crippen LogP contribution in [0, 0.1) is 11.3 Å². The van der Waals surface area contributed by atoms with E-state index in [2.05, 4.69) is 59.6 Å². The number of aromatic nitrogens is 2. The molecule has 1 aliphatic heterocycles. The summed E-state index contributed by atoms with van der Waals surface area (Å²) >= 11 is 6.98. The number of anilines is 1. The number of nitrogens with zero attached hydrogens (tertiary/aromatic N) is 4. The normalized spacial score (nSPS) is 14.7. The molecule has 1 saturated heterocycles. The highest BCUT2D eigenvalue weighted by Gasteiger charge is 2.21. The van der Waals surface area contributed by atoms with Crippen molar-refractivity contribution in [3.05, 3.63) is 20.6 Å². The molecule has 2 heterocycles. The largest absolute Gasteiger partial charge is 0.340 e. The molecular weight excluding hydrogens is 433 g/mol. The Balaban J connectivity index is 0.00000176. The summed E-state index contributed by atoms with van der Waals surface area (Å²) in [5, 5.41) is 12.8. The minimum absolute atomic E-state index is 0. The molecular formula is C14H16Br2ClN5. The van der Waals surface area contributed by atoms with E-state index >= 15 is 0 Å². The van der Waals surface area contributed by atoms with E-state index < -0.39 is 0 Å². The van der Waals surface area contributed by atoms with E-state index in [1.807, 2.05) is 6.07 Å². The summed E-state index contributed by atoms with van der Waals surface area (Å²) in [6, 6.07) is 4.29. The summed E-state index contributed by atoms with van der Waals surface area (Å²) < 4.78 is 3.83. The third-order valence-electron chi connectivity index (χ3n) is 3.74. The van der Waals surface area contributed by atoms with Gasteiger partial charge in [-0.3, -0.25) is 0 Å². The number of hydrogen-bond acceptors (Lipinski definition) is 4. The summed E-state index contributed by atoms with van der Waals surface area (Å²) in [6.45, 7) is 6.74. The van der Waals surface area contributed by atoms with Crippen LogP contribution >= 0.6 is 44.3 Å². The van der Waals surface area contributed by atoms with Crippen molar-refractivity contribution in [1.29, 1.82) is 5.26 Å². The van der Waals surface area contributed by atoms with Crippen molar-refractivity contribution in [3.8, 4) is 6.07 Å². The summed E-state index contributed by atoms with van der Waals surface area (Å²) in [5.74, 6) is 0.954. The smallest absolute Gasteiger partial charge is 0.206 e. The minimum atomic E-state index is 0. The third-order valence-corrected chi connectivity index (χ3v) is 5.73. The van der Waals surface area contributed by atoms with E-state index in [1.165, 1.54) is 0 Å². The molecule has 0 bridgehead atoms. The highest BCUT2D eigenvalue weighted by molar-refractivity contribution is 9.13. The Hall–Kier alpha value is -0.810. The average Bonchev–Trinajstić information content (AvgIpc) is 2.87. The predicted molar refractivity (Wildman–Crippen MR) is 97.9 cm³/mol. The second kappa shape index (κ2) is 7.18. The van der Waals surface area contributed by atoms with Crippen LogP contribution in [0.25, 0.3) is 11.0 Å². The summed E-state index contributed by atoms with van der Waals surface area (Å²) in [5.41, 5.74) is 2.35. The van der Waals surface area contributed by atoms with Gasteiger partial charge in [0.25, 0.3) is 0 Å². The van der Waals surface area contributed by atoms with Gasteiger partial charge in [-0.15, -0.1) is 12.4 Å². The molecule has 0 saturated carbocycles. The highest BCUT2D eigenvalue weighted by Crippen LogP contribution is 2.35. The lowest BCUT2D eigenvalue weighted by molar-refractivity contribution is 0.570. The zero-order valence-electron chi connectivity index (χ0n) is 12.1. The van der Waals surface area contributed by atoms with E-state index in [4.69, 9.17) is 4.98 Å². The van der Waals surface area contributed by atoms with Crippen LogP contribution < -0.4 is 10.2 Å². The van der Waals surface area contributed by atoms with Crippen molar-refractivity contribution in [2.45, 2.75) is 13.5 Å². The van der Waals surface area contributed by atoms with Crippen LogP contribution in [0.4, 0.5) is 5.95 Å². The van der Waals surface area contributed by atoms with Crippen molar-refractivity contribution >= 4 is 61.2 Å². The third kappa shape index (κ3) is 2.85. The zero-order valence-corrected chi connectivity index (χ0v) is 16.1. The van der Waals surface area contributed by atoms with Crippen molar-refractivity contribution < 1.29 is 0 Å². The van der Waals surface area contributed by atoms with Gasteiger partial charge in [-0.25, -0.2) is 4.98 Å². The molecule has 3 rings (SSSR count). The average molecular weight is 450 g/mol. The first-order chi connectivity index (χ1) is 10.2. The molecule has 1 aromatic carbocycles. The van der Waals surface area contributed by atoms with Gasteiger partial charge in [-0.2, -0.15) is 5.26 Å². The van der Waals surface area contributed by atoms with Crippen LogP contribution in [0.5, 0.6) is 0 Å². The Bertz CT molecular complexity index is 731. The van der Waals surface area contributed by atoms with Crippen LogP contribution in [0.1, 0.15) is 12.5 Å². The van der Waals surface area contributed by atoms with Gasteiger partial charge in [0.15, 0.2) is 0 Å². The minimum Gasteiger partial charge on any atom is -0.340 e. The first-order valence-corrected chi connectivity index (χ1v) is 8.50. The van der Waals surface area contributed by atoms with Gasteiger partial charge < -0.3 is 14.8 Å². The quantitative estimate of drug-likeness (QED) is 0.765. The van der Waals surface area contributed by atoms with Crippen LogP contribution in [0.15, 0.2) is 15.0 Å². The fraction of sp³-hybridized carbons (Fsp3) is 0.429. The number of piperazine rings is 1. The van der Waals surface area contributed by atoms with E-state index in [1.54, 1.807) is 0 Å². The molecule has 0 amide bonds. The Morgan fingerprint density at radius 1 is 1.36 bits per heavy atom. The number of benzene rings is 1. The predicted octanol–water partition coefficient (Wildman–Crippen LogP) is 3.28. The summed E-state index contributed by atoms with van der Waals surface area (Å²) in [7, 11) is 0. The lowest BCUT2D eigenvalue weighted by atomic mass is 10.2. The number of hydrogen-bond donors (Lipinski definition) is 1. The number of aryl methyl sites for hydroxylation is 1. The maximum atomic E-state index is 9.45. The number of imidazole rings is 1. The number of fused-ring (bicyclic) bond motifs is 1. The van der Waals surface area contributed by atoms with Gasteiger partial charge in [-0.05, 0) is 44.8 Å². The summed E-state index contributed by atoms with van der Waals surface area (Å²) in [4.78, 5) is 7.05. The Kier molecular flexibility index (Phi) is 5.72. The standard InChI is InChI=1S/C14H15Br2N5.ClH/c1-2-21-11-7-10(15)12(16)9(8-17)13(11)19-14(21)20-5-3-18-4-6-20;/h7,18H,2-6H2,1H3;1H. The number of rotatable bonds is 2. The van der Waals surface area contributed by atoms with Crippen molar-refractivity contribution in [3.63, 3.8) is 0 Å². The van der Waals surface area contributed by atoms with Gasteiger partial charge in [0.1, 0.15) is 11.6 Å². The van der Waals surface area contributed by atoms with Gasteiger partial charge >= 0.3 is 0 Å². The molecule has 2 aromatic rings. The lowest BCUT2D eigenvalue weighted by Crippen LogP contribution is -2.44. The molecule has 0 aliphatic carbocycles. The van der Waals surface area contributed by atoms with Crippen molar-refractivity contribution in [2.75, 3.05) is 31.1 Å². The van der Waals surface area contributed by atoms with Crippen LogP contribution in [-0.2, 0) is 6.54 Å². The molecule has 0 radical (unpaired) electrons. The second-order valence-corrected chi connectivity index (χ2v) is 6.57. The molecule has 0 spiro atoms. The Morgan fingerprint density at radius 2 is 2.05 bits per heavy atom. The fourth-order valence-electron chi connectivity index (χ4n) is 2.71. The van der Waals surface area contributed by atoms with Gasteiger partial charge in [0, 0.05) is 37.2 Å². The molecule has 1 aliphatic rings. The SMILES string of the molecule is CCn1c(N2CCNCC2)nc2c(C#N)c(Br)c(Br)cc21.Cl. The topological polar surface area (TPSA) is 56.9 Å². The first-order valence-electron chi connectivity index (χ1n) is 6.91. The van der Waals surface area contributed by atoms with Crippen molar-refractivity contribution in [2.24, 2.45) is 0 Å². The fourth-order valence-corrected chi connectivity index (χ4v) is 3.52. The molecule has 0 unspecified atom stereocenters. The number of nitrogens with one attached hydrogen (secondary N) is 1. The Labute approximate surface area is 152 Å². The molecule has 0 atom stereocenters. The number of nitriles is 1. The molecule has 1 aromatic heterocycles. The molecule has 1 fully saturated rings. The van der Waals surface area contributed by atoms with E-state index in [-0.39, 0.29) is 12.4 Å². The van der Waals surface area contributed by atoms with Crippen LogP contribution in [-0.4, -0.2) is 35.7 Å². The molecule has 1 N–H and O–H groups in total. The Morgan fingerprint density at radius 3 is 2.64 bits per heavy atom. The van der Waals surface area contributed by atoms with E-state index in [0.717, 1.165) is 58.7 Å². The first kappa shape index (κ1) is 17.5. The van der Waals surface area contributed by atoms with Gasteiger partial charge in [0.05, 0.1) is 15.6 Å². The maximum Gasteiger partial charge on any atom is 0.206 e. The molecule has 118 valence electrons. The van der Waals surface area contributed by atoms with E-state index in [9.17, 15) is 5.26 Å². The lowest BCUT2D eigenvalue weighted by Gasteiger charge is -2.28. The molecule has 22 heavy (non-hydrogen) atoms. The van der Waals surface area contributed by atoms with E-state index in [0.29, 0.717) is 5.56 Å². The van der Waals surface area contributed by atoms with Crippen LogP contribution in [0.2, 0.25) is 0 Å². The zero-order chi connectivity index (χ0) is 15.0. The maximum absolute atomic E-state index is 9.45. The molecule has 5 nitrogen and oxygen atoms in total. The highest BCUT2D eigenvalue weighted by atomic mass is 79.9.